The molecule has 1 aromatic rings. The molecule has 0 aromatic heterocycles. The van der Waals surface area contributed by atoms with Crippen LogP contribution in [0.4, 0.5) is 0 Å². The summed E-state index contributed by atoms with van der Waals surface area (Å²) >= 11 is 11.3. The summed E-state index contributed by atoms with van der Waals surface area (Å²) in [6.45, 7) is 0. The van der Waals surface area contributed by atoms with E-state index in [-0.39, 0.29) is 5.02 Å². The van der Waals surface area contributed by atoms with Gasteiger partial charge in [0.05, 0.1) is 24.2 Å². The van der Waals surface area contributed by atoms with Gasteiger partial charge in [0.25, 0.3) is 0 Å². The van der Waals surface area contributed by atoms with E-state index in [2.05, 4.69) is 0 Å². The zero-order valence-electron chi connectivity index (χ0n) is 9.07. The van der Waals surface area contributed by atoms with Crippen LogP contribution in [-0.2, 0) is 0 Å². The molecule has 17 heavy (non-hydrogen) atoms. The zero-order chi connectivity index (χ0) is 13.0. The highest BCUT2D eigenvalue weighted by molar-refractivity contribution is 6.33. The number of benzene rings is 1. The van der Waals surface area contributed by atoms with Gasteiger partial charge in [0.2, 0.25) is 0 Å². The number of halogens is 2. The molecule has 0 N–H and O–H groups in total. The molecule has 0 fully saturated rings. The van der Waals surface area contributed by atoms with Crippen molar-refractivity contribution in [2.45, 2.75) is 0 Å². The van der Waals surface area contributed by atoms with Crippen LogP contribution in [0.15, 0.2) is 17.3 Å². The third-order valence-corrected chi connectivity index (χ3v) is 2.53. The molecule has 0 aliphatic carbocycles. The van der Waals surface area contributed by atoms with Crippen molar-refractivity contribution in [3.63, 3.8) is 0 Å². The van der Waals surface area contributed by atoms with Gasteiger partial charge in [-0.05, 0) is 17.7 Å². The minimum absolute atomic E-state index is 0.280. The summed E-state index contributed by atoms with van der Waals surface area (Å²) in [5.41, 5.74) is 0.381. The molecule has 0 radical (unpaired) electrons. The van der Waals surface area contributed by atoms with Crippen molar-refractivity contribution < 1.29 is 14.4 Å². The van der Waals surface area contributed by atoms with E-state index in [0.717, 1.165) is 6.08 Å². The smallest absolute Gasteiger partial charge is 0.337 e. The number of hydrogen-bond donors (Lipinski definition) is 0. The molecule has 0 heterocycles. The Hall–Kier alpha value is -1.46. The number of nitro groups is 1. The predicted octanol–water partition coefficient (Wildman–Crippen LogP) is 3.17. The minimum atomic E-state index is -0.714. The monoisotopic (exact) mass is 277 g/mol. The highest BCUT2D eigenvalue weighted by Crippen LogP contribution is 2.34. The maximum atomic E-state index is 10.4. The lowest BCUT2D eigenvalue weighted by Crippen LogP contribution is -1.94. The van der Waals surface area contributed by atoms with E-state index in [1.54, 1.807) is 0 Å². The van der Waals surface area contributed by atoms with Gasteiger partial charge in [-0.2, -0.15) is 0 Å². The summed E-state index contributed by atoms with van der Waals surface area (Å²) in [6, 6.07) is 3.00. The van der Waals surface area contributed by atoms with E-state index in [4.69, 9.17) is 32.7 Å². The van der Waals surface area contributed by atoms with Crippen LogP contribution in [0.3, 0.4) is 0 Å². The Kier molecular flexibility index (Phi) is 4.60. The summed E-state index contributed by atoms with van der Waals surface area (Å²) in [5, 5.41) is 10.2. The summed E-state index contributed by atoms with van der Waals surface area (Å²) < 4.78 is 10.1. The van der Waals surface area contributed by atoms with Gasteiger partial charge in [-0.25, -0.2) is 0 Å². The van der Waals surface area contributed by atoms with Crippen molar-refractivity contribution in [2.24, 2.45) is 0 Å². The molecular formula is C10H9Cl2NO4. The third-order valence-electron chi connectivity index (χ3n) is 1.95. The van der Waals surface area contributed by atoms with Gasteiger partial charge < -0.3 is 9.47 Å². The van der Waals surface area contributed by atoms with E-state index in [1.165, 1.54) is 26.4 Å². The second-order valence-corrected chi connectivity index (χ2v) is 3.75. The van der Waals surface area contributed by atoms with Crippen LogP contribution in [0.25, 0.3) is 6.08 Å². The maximum absolute atomic E-state index is 10.4. The molecule has 0 spiro atoms. The summed E-state index contributed by atoms with van der Waals surface area (Å²) in [7, 11) is 2.92. The number of rotatable bonds is 4. The topological polar surface area (TPSA) is 61.6 Å². The molecule has 1 aromatic carbocycles. The van der Waals surface area contributed by atoms with E-state index in [9.17, 15) is 10.1 Å². The fourth-order valence-corrected chi connectivity index (χ4v) is 1.49. The summed E-state index contributed by atoms with van der Waals surface area (Å²) in [4.78, 5) is 9.69. The second kappa shape index (κ2) is 5.75. The first kappa shape index (κ1) is 13.6. The standard InChI is InChI=1S/C10H9Cl2NO4/c1-16-8-3-6(4-10(12)13(14)15)7(11)5-9(8)17-2/h3-5H,1-2H3/b10-4+. The fraction of sp³-hybridized carbons (Fsp3) is 0.200. The lowest BCUT2D eigenvalue weighted by molar-refractivity contribution is -0.410. The maximum Gasteiger partial charge on any atom is 0.337 e. The summed E-state index contributed by atoms with van der Waals surface area (Å²) in [6.07, 6.45) is 1.14. The molecular weight excluding hydrogens is 269 g/mol. The van der Waals surface area contributed by atoms with Crippen LogP contribution in [0.2, 0.25) is 5.02 Å². The Balaban J connectivity index is 3.26. The van der Waals surface area contributed by atoms with Crippen LogP contribution in [-0.4, -0.2) is 19.1 Å². The molecule has 5 nitrogen and oxygen atoms in total. The first-order chi connectivity index (χ1) is 7.99. The molecule has 0 aliphatic heterocycles. The molecule has 0 amide bonds. The quantitative estimate of drug-likeness (QED) is 0.482. The van der Waals surface area contributed by atoms with Gasteiger partial charge in [0, 0.05) is 17.7 Å². The minimum Gasteiger partial charge on any atom is -0.493 e. The average Bonchev–Trinajstić information content (AvgIpc) is 2.30. The van der Waals surface area contributed by atoms with Gasteiger partial charge in [-0.15, -0.1) is 0 Å². The molecule has 7 heteroatoms. The Morgan fingerprint density at radius 1 is 1.35 bits per heavy atom. The van der Waals surface area contributed by atoms with Crippen molar-refractivity contribution in [2.75, 3.05) is 14.2 Å². The molecule has 1 rings (SSSR count). The largest absolute Gasteiger partial charge is 0.493 e. The molecule has 92 valence electrons. The number of hydrogen-bond acceptors (Lipinski definition) is 4. The van der Waals surface area contributed by atoms with Crippen LogP contribution in [0, 0.1) is 10.1 Å². The SMILES string of the molecule is COc1cc(Cl)c(/C=C(\Cl)[N+](=O)[O-])cc1OC. The van der Waals surface area contributed by atoms with Gasteiger partial charge in [-0.3, -0.25) is 10.1 Å². The zero-order valence-corrected chi connectivity index (χ0v) is 10.6. The van der Waals surface area contributed by atoms with E-state index < -0.39 is 10.1 Å². The first-order valence-electron chi connectivity index (χ1n) is 4.42. The lowest BCUT2D eigenvalue weighted by Gasteiger charge is -2.09. The van der Waals surface area contributed by atoms with Gasteiger partial charge >= 0.3 is 5.16 Å². The Morgan fingerprint density at radius 3 is 2.35 bits per heavy atom. The average molecular weight is 278 g/mol. The number of nitrogens with zero attached hydrogens (tertiary/aromatic N) is 1. The molecule has 0 saturated heterocycles. The highest BCUT2D eigenvalue weighted by atomic mass is 35.5. The molecule has 0 unspecified atom stereocenters. The predicted molar refractivity (Wildman–Crippen MR) is 65.4 cm³/mol. The van der Waals surface area contributed by atoms with Crippen LogP contribution >= 0.6 is 23.2 Å². The van der Waals surface area contributed by atoms with Gasteiger partial charge in [0.15, 0.2) is 11.5 Å². The third kappa shape index (κ3) is 3.25. The van der Waals surface area contributed by atoms with Crippen LogP contribution in [0.5, 0.6) is 11.5 Å². The highest BCUT2D eigenvalue weighted by Gasteiger charge is 2.12. The summed E-state index contributed by atoms with van der Waals surface area (Å²) in [5.74, 6) is 0.850. The van der Waals surface area contributed by atoms with Crippen molar-refractivity contribution in [1.29, 1.82) is 0 Å². The first-order valence-corrected chi connectivity index (χ1v) is 5.18. The van der Waals surface area contributed by atoms with Gasteiger partial charge in [0.1, 0.15) is 0 Å². The fourth-order valence-electron chi connectivity index (χ4n) is 1.16. The molecule has 0 atom stereocenters. The van der Waals surface area contributed by atoms with E-state index >= 15 is 0 Å². The van der Waals surface area contributed by atoms with E-state index in [0.29, 0.717) is 17.1 Å². The van der Waals surface area contributed by atoms with Crippen molar-refractivity contribution in [3.05, 3.63) is 38.0 Å². The van der Waals surface area contributed by atoms with Crippen molar-refractivity contribution >= 4 is 29.3 Å². The van der Waals surface area contributed by atoms with Gasteiger partial charge in [-0.1, -0.05) is 11.6 Å². The number of ether oxygens (including phenoxy) is 2. The number of methoxy groups -OCH3 is 2. The normalized spacial score (nSPS) is 11.2. The molecule has 0 saturated carbocycles. The Morgan fingerprint density at radius 2 is 1.88 bits per heavy atom. The second-order valence-electron chi connectivity index (χ2n) is 2.95. The van der Waals surface area contributed by atoms with Crippen LogP contribution in [0.1, 0.15) is 5.56 Å². The lowest BCUT2D eigenvalue weighted by atomic mass is 10.2. The van der Waals surface area contributed by atoms with E-state index in [1.807, 2.05) is 0 Å². The molecule has 0 aliphatic rings. The van der Waals surface area contributed by atoms with Crippen molar-refractivity contribution in [1.82, 2.24) is 0 Å². The van der Waals surface area contributed by atoms with Crippen LogP contribution < -0.4 is 9.47 Å². The molecule has 0 bridgehead atoms. The van der Waals surface area contributed by atoms with Crippen molar-refractivity contribution in [3.8, 4) is 11.5 Å². The Bertz CT molecular complexity index is 474. The Labute approximate surface area is 108 Å².